The molecule has 2 atom stereocenters. The van der Waals surface area contributed by atoms with E-state index in [-0.39, 0.29) is 32.0 Å². The number of likely N-dealkylation sites (N-methyl/N-ethyl adjacent to an activating group) is 1. The van der Waals surface area contributed by atoms with Gasteiger partial charge in [-0.3, -0.25) is 18.6 Å². The van der Waals surface area contributed by atoms with Crippen molar-refractivity contribution in [3.05, 3.63) is 24.3 Å². The molecule has 0 spiro atoms. The molecule has 330 valence electrons. The number of hydrogen-bond acceptors (Lipinski definition) is 8. The van der Waals surface area contributed by atoms with E-state index >= 15 is 0 Å². The smallest absolute Gasteiger partial charge is 0.462 e. The Morgan fingerprint density at radius 2 is 0.911 bits per heavy atom. The average molecular weight is 814 g/mol. The van der Waals surface area contributed by atoms with Crippen LogP contribution in [-0.4, -0.2) is 56.3 Å². The molecule has 0 amide bonds. The number of nitrogens with one attached hydrogen (secondary N) is 1. The zero-order valence-corrected chi connectivity index (χ0v) is 37.5. The molecular formula is C46H88NO8P. The van der Waals surface area contributed by atoms with Crippen LogP contribution in [0.15, 0.2) is 24.3 Å². The Labute approximate surface area is 344 Å². The molecule has 0 fully saturated rings. The summed E-state index contributed by atoms with van der Waals surface area (Å²) in [5.41, 5.74) is 0. The summed E-state index contributed by atoms with van der Waals surface area (Å²) in [5.74, 6) is -0.812. The predicted octanol–water partition coefficient (Wildman–Crippen LogP) is 13.4. The van der Waals surface area contributed by atoms with Gasteiger partial charge in [-0.25, -0.2) is 4.57 Å². The SMILES string of the molecule is CCCCCCCC/C=C\CCCCCCCCCCCC(=O)OCC(COP(=O)(O)OCCNC)OC(=O)CCCCCCC/C=C\CCCCCCCC. The Kier molecular flexibility index (Phi) is 41.9. The molecule has 10 heteroatoms. The monoisotopic (exact) mass is 814 g/mol. The minimum absolute atomic E-state index is 0.0174. The Morgan fingerprint density at radius 1 is 0.536 bits per heavy atom. The molecule has 56 heavy (non-hydrogen) atoms. The minimum atomic E-state index is -4.35. The van der Waals surface area contributed by atoms with Crippen LogP contribution in [0.2, 0.25) is 0 Å². The van der Waals surface area contributed by atoms with Gasteiger partial charge in [0, 0.05) is 19.4 Å². The van der Waals surface area contributed by atoms with E-state index in [4.69, 9.17) is 18.5 Å². The average Bonchev–Trinajstić information content (AvgIpc) is 3.18. The summed E-state index contributed by atoms with van der Waals surface area (Å²) in [6.07, 6.45) is 45.0. The second-order valence-electron chi connectivity index (χ2n) is 15.6. The zero-order chi connectivity index (χ0) is 41.1. The molecule has 0 aromatic carbocycles. The number of carbonyl (C=O) groups excluding carboxylic acids is 2. The van der Waals surface area contributed by atoms with Crippen LogP contribution in [0.4, 0.5) is 0 Å². The third kappa shape index (κ3) is 42.1. The summed E-state index contributed by atoms with van der Waals surface area (Å²) in [4.78, 5) is 35.1. The Balaban J connectivity index is 4.16. The molecule has 0 aliphatic rings. The summed E-state index contributed by atoms with van der Waals surface area (Å²) in [5, 5.41) is 2.83. The number of rotatable bonds is 44. The standard InChI is InChI=1S/C46H88NO8P/c1-4-6-8-10-12-14-16-18-20-21-22-23-25-26-28-30-32-34-36-38-45(48)52-42-44(43-54-56(50,51)53-41-40-47-3)55-46(49)39-37-35-33-31-29-27-24-19-17-15-13-11-9-7-5-2/h18-20,24,44,47H,4-17,21-23,25-43H2,1-3H3,(H,50,51)/b20-18-,24-19-. The Morgan fingerprint density at radius 3 is 1.32 bits per heavy atom. The van der Waals surface area contributed by atoms with Gasteiger partial charge in [0.2, 0.25) is 0 Å². The van der Waals surface area contributed by atoms with Crippen LogP contribution < -0.4 is 5.32 Å². The molecule has 0 aliphatic carbocycles. The highest BCUT2D eigenvalue weighted by Gasteiger charge is 2.26. The van der Waals surface area contributed by atoms with Crippen LogP contribution in [0.5, 0.6) is 0 Å². The van der Waals surface area contributed by atoms with E-state index in [0.29, 0.717) is 13.0 Å². The number of esters is 2. The lowest BCUT2D eigenvalue weighted by Crippen LogP contribution is -2.29. The molecule has 0 heterocycles. The molecule has 0 aromatic heterocycles. The number of allylic oxidation sites excluding steroid dienone is 4. The van der Waals surface area contributed by atoms with E-state index in [0.717, 1.165) is 51.4 Å². The first-order valence-corrected chi connectivity index (χ1v) is 24.8. The first kappa shape index (κ1) is 54.5. The molecule has 0 aliphatic heterocycles. The zero-order valence-electron chi connectivity index (χ0n) is 36.6. The Bertz CT molecular complexity index is 975. The highest BCUT2D eigenvalue weighted by molar-refractivity contribution is 7.47. The number of hydrogen-bond donors (Lipinski definition) is 2. The molecule has 0 bridgehead atoms. The minimum Gasteiger partial charge on any atom is -0.462 e. The largest absolute Gasteiger partial charge is 0.472 e. The van der Waals surface area contributed by atoms with Crippen molar-refractivity contribution in [2.45, 2.75) is 225 Å². The van der Waals surface area contributed by atoms with Crippen molar-refractivity contribution < 1.29 is 37.6 Å². The summed E-state index contributed by atoms with van der Waals surface area (Å²) < 4.78 is 33.2. The van der Waals surface area contributed by atoms with Crippen LogP contribution in [0, 0.1) is 0 Å². The second-order valence-corrected chi connectivity index (χ2v) is 17.0. The lowest BCUT2D eigenvalue weighted by Gasteiger charge is -2.20. The molecule has 2 unspecified atom stereocenters. The number of unbranched alkanes of at least 4 members (excludes halogenated alkanes) is 26. The third-order valence-electron chi connectivity index (χ3n) is 10.0. The molecule has 0 radical (unpaired) electrons. The maximum atomic E-state index is 12.6. The fourth-order valence-corrected chi connectivity index (χ4v) is 7.24. The van der Waals surface area contributed by atoms with E-state index in [1.807, 2.05) is 0 Å². The van der Waals surface area contributed by atoms with Gasteiger partial charge < -0.3 is 19.7 Å². The van der Waals surface area contributed by atoms with Crippen LogP contribution >= 0.6 is 7.82 Å². The fraction of sp³-hybridized carbons (Fsp3) is 0.870. The summed E-state index contributed by atoms with van der Waals surface area (Å²) in [6, 6.07) is 0. The maximum Gasteiger partial charge on any atom is 0.472 e. The van der Waals surface area contributed by atoms with Gasteiger partial charge in [0.25, 0.3) is 0 Å². The molecule has 2 N–H and O–H groups in total. The number of phosphoric ester groups is 1. The van der Waals surface area contributed by atoms with E-state index in [1.54, 1.807) is 7.05 Å². The van der Waals surface area contributed by atoms with Gasteiger partial charge in [-0.05, 0) is 71.3 Å². The first-order valence-electron chi connectivity index (χ1n) is 23.3. The van der Waals surface area contributed by atoms with Gasteiger partial charge in [-0.2, -0.15) is 0 Å². The van der Waals surface area contributed by atoms with Gasteiger partial charge in [0.1, 0.15) is 6.61 Å². The summed E-state index contributed by atoms with van der Waals surface area (Å²) >= 11 is 0. The normalized spacial score (nSPS) is 13.4. The van der Waals surface area contributed by atoms with Crippen molar-refractivity contribution in [2.75, 3.05) is 33.4 Å². The fourth-order valence-electron chi connectivity index (χ4n) is 6.48. The lowest BCUT2D eigenvalue weighted by molar-refractivity contribution is -0.161. The lowest BCUT2D eigenvalue weighted by atomic mass is 10.1. The maximum absolute atomic E-state index is 12.6. The van der Waals surface area contributed by atoms with Crippen molar-refractivity contribution in [1.29, 1.82) is 0 Å². The predicted molar refractivity (Wildman–Crippen MR) is 234 cm³/mol. The van der Waals surface area contributed by atoms with Crippen molar-refractivity contribution in [1.82, 2.24) is 5.32 Å². The molecule has 0 aromatic rings. The topological polar surface area (TPSA) is 120 Å². The van der Waals surface area contributed by atoms with E-state index in [9.17, 15) is 19.0 Å². The van der Waals surface area contributed by atoms with Crippen molar-refractivity contribution in [3.63, 3.8) is 0 Å². The molecule has 0 saturated heterocycles. The van der Waals surface area contributed by atoms with Crippen LogP contribution in [0.3, 0.4) is 0 Å². The molecule has 0 saturated carbocycles. The van der Waals surface area contributed by atoms with Gasteiger partial charge >= 0.3 is 19.8 Å². The highest BCUT2D eigenvalue weighted by Crippen LogP contribution is 2.43. The van der Waals surface area contributed by atoms with Crippen LogP contribution in [0.25, 0.3) is 0 Å². The quantitative estimate of drug-likeness (QED) is 0.0268. The number of phosphoric acid groups is 1. The van der Waals surface area contributed by atoms with E-state index in [2.05, 4.69) is 43.5 Å². The van der Waals surface area contributed by atoms with Gasteiger partial charge in [0.05, 0.1) is 13.2 Å². The van der Waals surface area contributed by atoms with Gasteiger partial charge in [-0.1, -0.05) is 167 Å². The summed E-state index contributed by atoms with van der Waals surface area (Å²) in [6.45, 7) is 4.23. The number of ether oxygens (including phenoxy) is 2. The van der Waals surface area contributed by atoms with Crippen LogP contribution in [0.1, 0.15) is 219 Å². The highest BCUT2D eigenvalue weighted by atomic mass is 31.2. The van der Waals surface area contributed by atoms with E-state index in [1.165, 1.54) is 135 Å². The van der Waals surface area contributed by atoms with Crippen molar-refractivity contribution in [3.8, 4) is 0 Å². The Hall–Kier alpha value is -1.51. The van der Waals surface area contributed by atoms with Gasteiger partial charge in [-0.15, -0.1) is 0 Å². The summed E-state index contributed by atoms with van der Waals surface area (Å²) in [7, 11) is -2.65. The first-order chi connectivity index (χ1) is 27.3. The second kappa shape index (κ2) is 43.1. The van der Waals surface area contributed by atoms with Gasteiger partial charge in [0.15, 0.2) is 6.10 Å². The van der Waals surface area contributed by atoms with Crippen molar-refractivity contribution >= 4 is 19.8 Å². The molecule has 9 nitrogen and oxygen atoms in total. The number of carbonyl (C=O) groups is 2. The van der Waals surface area contributed by atoms with Crippen molar-refractivity contribution in [2.24, 2.45) is 0 Å². The van der Waals surface area contributed by atoms with Crippen LogP contribution in [-0.2, 0) is 32.7 Å². The molecular weight excluding hydrogens is 725 g/mol. The third-order valence-corrected chi connectivity index (χ3v) is 11.0. The van der Waals surface area contributed by atoms with E-state index < -0.39 is 26.5 Å². The molecule has 0 rings (SSSR count).